The maximum Gasteiger partial charge on any atom is 0.219 e. The van der Waals surface area contributed by atoms with Crippen molar-refractivity contribution in [3.8, 4) is 11.6 Å². The largest absolute Gasteiger partial charge is 0.439 e. The molecular formula is C24H20N2O. The second-order valence-electron chi connectivity index (χ2n) is 6.48. The van der Waals surface area contributed by atoms with Crippen LogP contribution in [0.3, 0.4) is 0 Å². The van der Waals surface area contributed by atoms with Gasteiger partial charge in [0.1, 0.15) is 5.75 Å². The molecule has 3 nitrogen and oxygen atoms in total. The number of hydrogen-bond donors (Lipinski definition) is 0. The second-order valence-corrected chi connectivity index (χ2v) is 6.48. The molecule has 4 aromatic rings. The predicted molar refractivity (Wildman–Crippen MR) is 107 cm³/mol. The summed E-state index contributed by atoms with van der Waals surface area (Å²) in [6, 6.07) is 31.9. The van der Waals surface area contributed by atoms with Crippen LogP contribution in [0, 0.1) is 0 Å². The van der Waals surface area contributed by atoms with Crippen molar-refractivity contribution >= 4 is 0 Å². The molecule has 0 amide bonds. The molecule has 4 rings (SSSR count). The van der Waals surface area contributed by atoms with Crippen molar-refractivity contribution in [1.82, 2.24) is 9.97 Å². The first-order chi connectivity index (χ1) is 13.3. The third-order valence-corrected chi connectivity index (χ3v) is 4.73. The lowest BCUT2D eigenvalue weighted by Crippen LogP contribution is -2.27. The van der Waals surface area contributed by atoms with E-state index in [-0.39, 0.29) is 0 Å². The van der Waals surface area contributed by atoms with E-state index >= 15 is 0 Å². The van der Waals surface area contributed by atoms with E-state index in [9.17, 15) is 0 Å². The van der Waals surface area contributed by atoms with Crippen LogP contribution in [0.15, 0.2) is 103 Å². The molecule has 0 spiro atoms. The molecule has 0 radical (unpaired) electrons. The lowest BCUT2D eigenvalue weighted by atomic mass is 9.76. The maximum atomic E-state index is 5.95. The van der Waals surface area contributed by atoms with Crippen molar-refractivity contribution in [3.05, 3.63) is 120 Å². The van der Waals surface area contributed by atoms with E-state index in [4.69, 9.17) is 9.72 Å². The number of nitrogens with zero attached hydrogens (tertiary/aromatic N) is 2. The number of benzene rings is 2. The van der Waals surface area contributed by atoms with Crippen molar-refractivity contribution < 1.29 is 4.74 Å². The summed E-state index contributed by atoms with van der Waals surface area (Å²) < 4.78 is 5.95. The predicted octanol–water partition coefficient (Wildman–Crippen LogP) is 5.62. The minimum atomic E-state index is -0.488. The number of rotatable bonds is 5. The Hall–Kier alpha value is -3.46. The van der Waals surface area contributed by atoms with E-state index in [2.05, 4.69) is 24.0 Å². The van der Waals surface area contributed by atoms with E-state index in [0.717, 1.165) is 22.7 Å². The van der Waals surface area contributed by atoms with Crippen LogP contribution < -0.4 is 4.74 Å². The third-order valence-electron chi connectivity index (χ3n) is 4.73. The summed E-state index contributed by atoms with van der Waals surface area (Å²) in [5.41, 5.74) is 2.48. The monoisotopic (exact) mass is 352 g/mol. The Morgan fingerprint density at radius 3 is 2.04 bits per heavy atom. The highest BCUT2D eigenvalue weighted by atomic mass is 16.5. The van der Waals surface area contributed by atoms with Gasteiger partial charge in [-0.15, -0.1) is 0 Å². The van der Waals surface area contributed by atoms with Gasteiger partial charge in [-0.05, 0) is 42.8 Å². The molecule has 2 aromatic heterocycles. The molecule has 0 fully saturated rings. The Morgan fingerprint density at radius 2 is 1.33 bits per heavy atom. The van der Waals surface area contributed by atoms with Crippen LogP contribution in [-0.4, -0.2) is 9.97 Å². The first kappa shape index (κ1) is 17.0. The van der Waals surface area contributed by atoms with Crippen molar-refractivity contribution in [1.29, 1.82) is 0 Å². The first-order valence-electron chi connectivity index (χ1n) is 8.94. The van der Waals surface area contributed by atoms with Gasteiger partial charge < -0.3 is 4.74 Å². The van der Waals surface area contributed by atoms with Gasteiger partial charge in [-0.3, -0.25) is 4.98 Å². The normalized spacial score (nSPS) is 12.9. The fourth-order valence-electron chi connectivity index (χ4n) is 3.22. The average molecular weight is 352 g/mol. The minimum Gasteiger partial charge on any atom is -0.439 e. The minimum absolute atomic E-state index is 0.488. The molecule has 0 saturated heterocycles. The molecule has 0 bridgehead atoms. The number of para-hydroxylation sites is 1. The van der Waals surface area contributed by atoms with Crippen LogP contribution in [0.25, 0.3) is 0 Å². The second kappa shape index (κ2) is 7.42. The number of ether oxygens (including phenoxy) is 1. The van der Waals surface area contributed by atoms with Gasteiger partial charge in [0.25, 0.3) is 0 Å². The highest BCUT2D eigenvalue weighted by Crippen LogP contribution is 2.37. The van der Waals surface area contributed by atoms with Crippen LogP contribution in [0.2, 0.25) is 0 Å². The zero-order valence-corrected chi connectivity index (χ0v) is 15.1. The smallest absolute Gasteiger partial charge is 0.219 e. The maximum absolute atomic E-state index is 5.95. The molecule has 0 aliphatic rings. The quantitative estimate of drug-likeness (QED) is 0.467. The van der Waals surface area contributed by atoms with Gasteiger partial charge in [0, 0.05) is 12.3 Å². The summed E-state index contributed by atoms with van der Waals surface area (Å²) in [5.74, 6) is 1.33. The molecule has 2 aromatic carbocycles. The van der Waals surface area contributed by atoms with Gasteiger partial charge in [0.2, 0.25) is 5.88 Å². The van der Waals surface area contributed by atoms with Gasteiger partial charge in [-0.25, -0.2) is 4.98 Å². The molecule has 2 heterocycles. The van der Waals surface area contributed by atoms with Crippen LogP contribution >= 0.6 is 0 Å². The van der Waals surface area contributed by atoms with Gasteiger partial charge in [0.15, 0.2) is 0 Å². The molecule has 132 valence electrons. The van der Waals surface area contributed by atoms with Crippen molar-refractivity contribution in [3.63, 3.8) is 0 Å². The third kappa shape index (κ3) is 3.44. The molecule has 0 saturated carbocycles. The molecule has 0 N–H and O–H groups in total. The zero-order valence-electron chi connectivity index (χ0n) is 15.1. The standard InChI is InChI=1S/C24H20N2O/c1-24(19-11-4-2-5-12-19,21-15-8-9-18-25-21)22-16-10-17-23(26-22)27-20-13-6-3-7-14-20/h2-18H,1H3. The van der Waals surface area contributed by atoms with Gasteiger partial charge in [0.05, 0.1) is 16.8 Å². The summed E-state index contributed by atoms with van der Waals surface area (Å²) in [7, 11) is 0. The van der Waals surface area contributed by atoms with Gasteiger partial charge in [-0.2, -0.15) is 0 Å². The summed E-state index contributed by atoms with van der Waals surface area (Å²) in [6.07, 6.45) is 1.82. The van der Waals surface area contributed by atoms with Crippen molar-refractivity contribution in [2.75, 3.05) is 0 Å². The van der Waals surface area contributed by atoms with Crippen molar-refractivity contribution in [2.45, 2.75) is 12.3 Å². The fourth-order valence-corrected chi connectivity index (χ4v) is 3.22. The fraction of sp³-hybridized carbons (Fsp3) is 0.0833. The Morgan fingerprint density at radius 1 is 0.667 bits per heavy atom. The Bertz CT molecular complexity index is 962. The van der Waals surface area contributed by atoms with Crippen molar-refractivity contribution in [2.24, 2.45) is 0 Å². The number of aromatic nitrogens is 2. The van der Waals surface area contributed by atoms with Crippen LogP contribution in [0.4, 0.5) is 0 Å². The average Bonchev–Trinajstić information content (AvgIpc) is 2.75. The van der Waals surface area contributed by atoms with Crippen LogP contribution in [0.5, 0.6) is 11.6 Å². The molecule has 3 heteroatoms. The Labute approximate surface area is 159 Å². The summed E-state index contributed by atoms with van der Waals surface area (Å²) in [5, 5.41) is 0. The topological polar surface area (TPSA) is 35.0 Å². The molecule has 0 aliphatic carbocycles. The molecule has 0 aliphatic heterocycles. The lowest BCUT2D eigenvalue weighted by Gasteiger charge is -2.29. The van der Waals surface area contributed by atoms with E-state index in [1.165, 1.54) is 0 Å². The van der Waals surface area contributed by atoms with E-state index in [1.807, 2.05) is 91.1 Å². The first-order valence-corrected chi connectivity index (χ1v) is 8.94. The zero-order chi connectivity index (χ0) is 18.5. The Balaban J connectivity index is 1.81. The summed E-state index contributed by atoms with van der Waals surface area (Å²) in [6.45, 7) is 2.15. The van der Waals surface area contributed by atoms with Crippen LogP contribution in [0.1, 0.15) is 23.9 Å². The molecule has 1 unspecified atom stereocenters. The highest BCUT2D eigenvalue weighted by molar-refractivity contribution is 5.45. The highest BCUT2D eigenvalue weighted by Gasteiger charge is 2.34. The van der Waals surface area contributed by atoms with Gasteiger partial charge in [-0.1, -0.05) is 60.7 Å². The van der Waals surface area contributed by atoms with E-state index < -0.39 is 5.41 Å². The SMILES string of the molecule is CC(c1ccccc1)(c1ccccn1)c1cccc(Oc2ccccc2)n1. The Kier molecular flexibility index (Phi) is 4.67. The van der Waals surface area contributed by atoms with Crippen LogP contribution in [-0.2, 0) is 5.41 Å². The van der Waals surface area contributed by atoms with Gasteiger partial charge >= 0.3 is 0 Å². The lowest BCUT2D eigenvalue weighted by molar-refractivity contribution is 0.456. The molecule has 27 heavy (non-hydrogen) atoms. The van der Waals surface area contributed by atoms with E-state index in [1.54, 1.807) is 0 Å². The van der Waals surface area contributed by atoms with E-state index in [0.29, 0.717) is 5.88 Å². The molecular weight excluding hydrogens is 332 g/mol. The number of pyridine rings is 2. The molecule has 1 atom stereocenters. The summed E-state index contributed by atoms with van der Waals surface area (Å²) in [4.78, 5) is 9.47. The summed E-state index contributed by atoms with van der Waals surface area (Å²) >= 11 is 0. The number of hydrogen-bond acceptors (Lipinski definition) is 3.